The first-order chi connectivity index (χ1) is 10.2. The fourth-order valence-electron chi connectivity index (χ4n) is 1.76. The second-order valence-electron chi connectivity index (χ2n) is 4.66. The minimum absolute atomic E-state index is 0.121. The lowest BCUT2D eigenvalue weighted by Crippen LogP contribution is -2.56. The van der Waals surface area contributed by atoms with Crippen molar-refractivity contribution in [1.29, 1.82) is 0 Å². The number of nitrogens with one attached hydrogen (secondary N) is 2. The minimum atomic E-state index is -1.67. The summed E-state index contributed by atoms with van der Waals surface area (Å²) in [6, 6.07) is 0.170. The molecule has 9 heteroatoms. The molecule has 22 heavy (non-hydrogen) atoms. The van der Waals surface area contributed by atoms with Crippen LogP contribution in [0.3, 0.4) is 0 Å². The second kappa shape index (κ2) is 7.34. The molecule has 120 valence electrons. The van der Waals surface area contributed by atoms with Crippen molar-refractivity contribution in [2.75, 3.05) is 0 Å². The number of urea groups is 1. The number of carbonyl (C=O) groups is 3. The molecule has 4 amide bonds. The molecule has 0 aliphatic rings. The van der Waals surface area contributed by atoms with E-state index in [4.69, 9.17) is 11.5 Å². The summed E-state index contributed by atoms with van der Waals surface area (Å²) in [5.41, 5.74) is 9.61. The van der Waals surface area contributed by atoms with E-state index in [1.165, 1.54) is 13.0 Å². The molecule has 0 aromatic heterocycles. The second-order valence-corrected chi connectivity index (χ2v) is 4.66. The number of amides is 4. The van der Waals surface area contributed by atoms with Crippen LogP contribution in [-0.2, 0) is 16.0 Å². The molecule has 0 aliphatic heterocycles. The topological polar surface area (TPSA) is 127 Å². The Bertz CT molecular complexity index is 560. The first-order valence-electron chi connectivity index (χ1n) is 6.31. The summed E-state index contributed by atoms with van der Waals surface area (Å²) in [5, 5.41) is 4.30. The van der Waals surface area contributed by atoms with Crippen LogP contribution in [0.25, 0.3) is 0 Å². The quantitative estimate of drug-likeness (QED) is 0.530. The van der Waals surface area contributed by atoms with Crippen molar-refractivity contribution in [3.63, 3.8) is 0 Å². The van der Waals surface area contributed by atoms with Gasteiger partial charge >= 0.3 is 6.03 Å². The normalized spacial score (nSPS) is 11.8. The van der Waals surface area contributed by atoms with Gasteiger partial charge in [-0.05, 0) is 25.5 Å². The highest BCUT2D eigenvalue weighted by Gasteiger charge is 2.24. The lowest BCUT2D eigenvalue weighted by atomic mass is 10.1. The van der Waals surface area contributed by atoms with Gasteiger partial charge in [0.2, 0.25) is 11.8 Å². The summed E-state index contributed by atoms with van der Waals surface area (Å²) in [4.78, 5) is 33.5. The Labute approximate surface area is 125 Å². The maximum atomic E-state index is 13.5. The highest BCUT2D eigenvalue weighted by molar-refractivity contribution is 6.05. The monoisotopic (exact) mass is 314 g/mol. The Kier molecular flexibility index (Phi) is 5.79. The van der Waals surface area contributed by atoms with Crippen molar-refractivity contribution in [1.82, 2.24) is 10.6 Å². The number of hydrogen-bond acceptors (Lipinski definition) is 3. The van der Waals surface area contributed by atoms with E-state index >= 15 is 0 Å². The van der Waals surface area contributed by atoms with Crippen LogP contribution >= 0.6 is 0 Å². The molecular formula is C13H16F2N4O3. The fraction of sp³-hybridized carbons (Fsp3) is 0.308. The Balaban J connectivity index is 2.65. The van der Waals surface area contributed by atoms with Crippen LogP contribution in [0, 0.1) is 11.6 Å². The van der Waals surface area contributed by atoms with Crippen LogP contribution < -0.4 is 22.1 Å². The summed E-state index contributed by atoms with van der Waals surface area (Å²) in [6.07, 6.45) is -0.121. The van der Waals surface area contributed by atoms with Gasteiger partial charge in [-0.1, -0.05) is 6.07 Å². The van der Waals surface area contributed by atoms with E-state index < -0.39 is 41.6 Å². The molecule has 1 aromatic carbocycles. The lowest BCUT2D eigenvalue weighted by molar-refractivity contribution is -0.128. The van der Waals surface area contributed by atoms with Gasteiger partial charge in [-0.15, -0.1) is 0 Å². The molecule has 0 spiro atoms. The molecule has 1 atom stereocenters. The molecule has 1 aromatic rings. The summed E-state index contributed by atoms with van der Waals surface area (Å²) in [5.74, 6) is -3.70. The molecule has 0 bridgehead atoms. The van der Waals surface area contributed by atoms with Crippen LogP contribution in [0.1, 0.15) is 12.5 Å². The molecule has 7 nitrogen and oxygen atoms in total. The number of halogens is 2. The smallest absolute Gasteiger partial charge is 0.316 e. The summed E-state index contributed by atoms with van der Waals surface area (Å²) >= 11 is 0. The van der Waals surface area contributed by atoms with E-state index in [9.17, 15) is 23.2 Å². The first-order valence-corrected chi connectivity index (χ1v) is 6.31. The molecule has 0 unspecified atom stereocenters. The number of hydrogen-bond donors (Lipinski definition) is 4. The predicted molar refractivity (Wildman–Crippen MR) is 73.4 cm³/mol. The number of benzene rings is 1. The zero-order chi connectivity index (χ0) is 16.9. The van der Waals surface area contributed by atoms with E-state index in [1.54, 1.807) is 0 Å². The summed E-state index contributed by atoms with van der Waals surface area (Å²) < 4.78 is 27.0. The van der Waals surface area contributed by atoms with E-state index in [2.05, 4.69) is 5.32 Å². The van der Waals surface area contributed by atoms with Crippen molar-refractivity contribution in [3.8, 4) is 0 Å². The molecule has 1 rings (SSSR count). The number of primary amides is 2. The molecule has 0 saturated heterocycles. The highest BCUT2D eigenvalue weighted by Crippen LogP contribution is 2.14. The molecule has 0 heterocycles. The van der Waals surface area contributed by atoms with Crippen LogP contribution in [0.5, 0.6) is 0 Å². The van der Waals surface area contributed by atoms with Gasteiger partial charge in [0.25, 0.3) is 0 Å². The van der Waals surface area contributed by atoms with Crippen LogP contribution in [0.15, 0.2) is 18.2 Å². The van der Waals surface area contributed by atoms with Crippen molar-refractivity contribution in [2.24, 2.45) is 11.5 Å². The SMILES string of the molecule is C[C@H](Cc1c(F)cccc1F)NC(=O)NC(C(N)=O)C(N)=O. The number of carbonyl (C=O) groups excluding carboxylic acids is 3. The van der Waals surface area contributed by atoms with Crippen LogP contribution in [-0.4, -0.2) is 29.9 Å². The van der Waals surface area contributed by atoms with Gasteiger partial charge in [0, 0.05) is 11.6 Å². The van der Waals surface area contributed by atoms with Crippen molar-refractivity contribution in [3.05, 3.63) is 35.4 Å². The van der Waals surface area contributed by atoms with Gasteiger partial charge in [0.1, 0.15) is 11.6 Å². The first kappa shape index (κ1) is 17.3. The van der Waals surface area contributed by atoms with E-state index in [0.29, 0.717) is 0 Å². The Morgan fingerprint density at radius 2 is 1.59 bits per heavy atom. The maximum Gasteiger partial charge on any atom is 0.316 e. The molecule has 0 aliphatic carbocycles. The van der Waals surface area contributed by atoms with Crippen molar-refractivity contribution in [2.45, 2.75) is 25.4 Å². The Morgan fingerprint density at radius 1 is 1.09 bits per heavy atom. The largest absolute Gasteiger partial charge is 0.367 e. The van der Waals surface area contributed by atoms with Gasteiger partial charge in [-0.2, -0.15) is 0 Å². The summed E-state index contributed by atoms with van der Waals surface area (Å²) in [6.45, 7) is 1.50. The third-order valence-electron chi connectivity index (χ3n) is 2.79. The minimum Gasteiger partial charge on any atom is -0.367 e. The third kappa shape index (κ3) is 4.69. The molecule has 0 saturated carbocycles. The molecule has 6 N–H and O–H groups in total. The molecular weight excluding hydrogens is 298 g/mol. The van der Waals surface area contributed by atoms with Gasteiger partial charge in [-0.3, -0.25) is 9.59 Å². The predicted octanol–water partition coefficient (Wildman–Crippen LogP) is -0.466. The van der Waals surface area contributed by atoms with E-state index in [0.717, 1.165) is 12.1 Å². The van der Waals surface area contributed by atoms with Gasteiger partial charge in [0.15, 0.2) is 6.04 Å². The van der Waals surface area contributed by atoms with Crippen molar-refractivity contribution < 1.29 is 23.2 Å². The van der Waals surface area contributed by atoms with Gasteiger partial charge < -0.3 is 22.1 Å². The molecule has 0 fully saturated rings. The number of rotatable bonds is 6. The van der Waals surface area contributed by atoms with Crippen LogP contribution in [0.2, 0.25) is 0 Å². The highest BCUT2D eigenvalue weighted by atomic mass is 19.1. The standard InChI is InChI=1S/C13H16F2N4O3/c1-6(5-7-8(14)3-2-4-9(7)15)18-13(22)19-10(11(16)20)12(17)21/h2-4,6,10H,5H2,1H3,(H2,16,20)(H2,17,21)(H2,18,19,22)/t6-/m1/s1. The zero-order valence-electron chi connectivity index (χ0n) is 11.7. The average molecular weight is 314 g/mol. The zero-order valence-corrected chi connectivity index (χ0v) is 11.7. The van der Waals surface area contributed by atoms with Crippen LogP contribution in [0.4, 0.5) is 13.6 Å². The average Bonchev–Trinajstić information content (AvgIpc) is 2.39. The number of nitrogens with two attached hydrogens (primary N) is 2. The summed E-state index contributed by atoms with van der Waals surface area (Å²) in [7, 11) is 0. The van der Waals surface area contributed by atoms with Gasteiger partial charge in [0.05, 0.1) is 0 Å². The fourth-order valence-corrected chi connectivity index (χ4v) is 1.76. The van der Waals surface area contributed by atoms with Crippen molar-refractivity contribution >= 4 is 17.8 Å². The van der Waals surface area contributed by atoms with E-state index in [-0.39, 0.29) is 12.0 Å². The lowest BCUT2D eigenvalue weighted by Gasteiger charge is -2.17. The maximum absolute atomic E-state index is 13.5. The Morgan fingerprint density at radius 3 is 2.05 bits per heavy atom. The Hall–Kier alpha value is -2.71. The van der Waals surface area contributed by atoms with E-state index in [1.807, 2.05) is 5.32 Å². The van der Waals surface area contributed by atoms with Gasteiger partial charge in [-0.25, -0.2) is 13.6 Å². The third-order valence-corrected chi connectivity index (χ3v) is 2.79. The molecule has 0 radical (unpaired) electrons.